The van der Waals surface area contributed by atoms with E-state index in [0.29, 0.717) is 6.61 Å². The molecular formula is C19H24O2. The van der Waals surface area contributed by atoms with Crippen LogP contribution in [0, 0.1) is 10.8 Å². The molecule has 0 radical (unpaired) electrons. The van der Waals surface area contributed by atoms with E-state index >= 15 is 0 Å². The van der Waals surface area contributed by atoms with Gasteiger partial charge >= 0.3 is 5.97 Å². The summed E-state index contributed by atoms with van der Waals surface area (Å²) in [4.78, 5) is 12.1. The number of carbonyl (C=O) groups is 1. The Bertz CT molecular complexity index is 623. The second-order valence-electron chi connectivity index (χ2n) is 7.85. The molecule has 1 fully saturated rings. The molecule has 21 heavy (non-hydrogen) atoms. The maximum atomic E-state index is 12.1. The molecular weight excluding hydrogens is 260 g/mol. The maximum absolute atomic E-state index is 12.1. The third-order valence-corrected chi connectivity index (χ3v) is 5.47. The average Bonchev–Trinajstić information content (AvgIpc) is 2.61. The summed E-state index contributed by atoms with van der Waals surface area (Å²) in [5, 5.41) is 0. The highest BCUT2D eigenvalue weighted by Gasteiger charge is 2.64. The smallest absolute Gasteiger partial charge is 0.311 e. The zero-order valence-electron chi connectivity index (χ0n) is 13.5. The quantitative estimate of drug-likeness (QED) is 0.605. The van der Waals surface area contributed by atoms with E-state index in [2.05, 4.69) is 37.8 Å². The van der Waals surface area contributed by atoms with Gasteiger partial charge in [0.15, 0.2) is 0 Å². The van der Waals surface area contributed by atoms with E-state index < -0.39 is 5.41 Å². The molecule has 3 rings (SSSR count). The summed E-state index contributed by atoms with van der Waals surface area (Å²) in [5.41, 5.74) is 3.53. The van der Waals surface area contributed by atoms with Crippen molar-refractivity contribution in [2.24, 2.45) is 10.8 Å². The molecule has 0 N–H and O–H groups in total. The summed E-state index contributed by atoms with van der Waals surface area (Å²) in [6, 6.07) is 8.60. The molecule has 1 aromatic carbocycles. The number of hydrogen-bond donors (Lipinski definition) is 0. The molecule has 2 nitrogen and oxygen atoms in total. The van der Waals surface area contributed by atoms with Gasteiger partial charge in [-0.2, -0.15) is 0 Å². The Labute approximate surface area is 127 Å². The third kappa shape index (κ3) is 1.81. The topological polar surface area (TPSA) is 26.3 Å². The number of fused-ring (bicyclic) bond motifs is 3. The predicted molar refractivity (Wildman–Crippen MR) is 84.1 cm³/mol. The molecule has 2 aliphatic rings. The van der Waals surface area contributed by atoms with Gasteiger partial charge in [0.25, 0.3) is 0 Å². The molecule has 1 aromatic rings. The molecule has 0 aliphatic heterocycles. The summed E-state index contributed by atoms with van der Waals surface area (Å²) < 4.78 is 5.68. The predicted octanol–water partition coefficient (Wildman–Crippen LogP) is 4.04. The molecule has 2 aliphatic carbocycles. The lowest BCUT2D eigenvalue weighted by Crippen LogP contribution is -2.55. The monoisotopic (exact) mass is 284 g/mol. The van der Waals surface area contributed by atoms with Crippen molar-refractivity contribution in [3.05, 3.63) is 47.5 Å². The summed E-state index contributed by atoms with van der Waals surface area (Å²) >= 11 is 0. The van der Waals surface area contributed by atoms with Crippen molar-refractivity contribution in [2.75, 3.05) is 6.61 Å². The molecule has 0 heterocycles. The van der Waals surface area contributed by atoms with E-state index in [-0.39, 0.29) is 16.8 Å². The maximum Gasteiger partial charge on any atom is 0.311 e. The molecule has 1 saturated carbocycles. The Morgan fingerprint density at radius 2 is 1.95 bits per heavy atom. The van der Waals surface area contributed by atoms with Crippen molar-refractivity contribution < 1.29 is 9.53 Å². The van der Waals surface area contributed by atoms with Gasteiger partial charge in [0.2, 0.25) is 0 Å². The van der Waals surface area contributed by atoms with Crippen LogP contribution in [0.2, 0.25) is 0 Å². The summed E-state index contributed by atoms with van der Waals surface area (Å²) in [6.45, 7) is 12.7. The molecule has 0 bridgehead atoms. The minimum Gasteiger partial charge on any atom is -0.464 e. The first-order valence-electron chi connectivity index (χ1n) is 7.65. The van der Waals surface area contributed by atoms with Gasteiger partial charge in [-0.25, -0.2) is 0 Å². The second-order valence-corrected chi connectivity index (χ2v) is 7.85. The average molecular weight is 284 g/mol. The minimum atomic E-state index is -0.455. The van der Waals surface area contributed by atoms with Gasteiger partial charge in [-0.1, -0.05) is 43.3 Å². The molecule has 0 amide bonds. The van der Waals surface area contributed by atoms with Gasteiger partial charge < -0.3 is 4.74 Å². The molecule has 2 atom stereocenters. The van der Waals surface area contributed by atoms with Crippen LogP contribution in [0.4, 0.5) is 0 Å². The fraction of sp³-hybridized carbons (Fsp3) is 0.526. The van der Waals surface area contributed by atoms with Crippen molar-refractivity contribution in [3.8, 4) is 0 Å². The lowest BCUT2D eigenvalue weighted by Gasteiger charge is -2.55. The lowest BCUT2D eigenvalue weighted by molar-refractivity contribution is -0.158. The van der Waals surface area contributed by atoms with Crippen LogP contribution in [0.25, 0.3) is 0 Å². The van der Waals surface area contributed by atoms with Gasteiger partial charge in [-0.05, 0) is 44.7 Å². The minimum absolute atomic E-state index is 0.0683. The first kappa shape index (κ1) is 14.4. The van der Waals surface area contributed by atoms with Crippen molar-refractivity contribution in [3.63, 3.8) is 0 Å². The van der Waals surface area contributed by atoms with Crippen LogP contribution in [0.3, 0.4) is 0 Å². The van der Waals surface area contributed by atoms with Crippen LogP contribution < -0.4 is 0 Å². The molecule has 0 saturated heterocycles. The lowest BCUT2D eigenvalue weighted by atomic mass is 9.48. The van der Waals surface area contributed by atoms with Crippen LogP contribution in [-0.2, 0) is 21.4 Å². The fourth-order valence-electron chi connectivity index (χ4n) is 3.98. The number of rotatable bonds is 2. The first-order chi connectivity index (χ1) is 9.71. The van der Waals surface area contributed by atoms with Crippen LogP contribution in [0.15, 0.2) is 36.4 Å². The van der Waals surface area contributed by atoms with Gasteiger partial charge in [0.05, 0.1) is 5.41 Å². The highest BCUT2D eigenvalue weighted by Crippen LogP contribution is 2.67. The standard InChI is InChI=1S/C19H24O2/c1-13-10-18(5)15-9-7-6-8-14(15)11-19(13,18)12-21-16(20)17(2,3)4/h6-9H,1,10-12H2,2-5H3/t18-,19+/m1/s1. The van der Waals surface area contributed by atoms with E-state index in [4.69, 9.17) is 4.74 Å². The largest absolute Gasteiger partial charge is 0.464 e. The summed E-state index contributed by atoms with van der Waals surface area (Å²) in [7, 11) is 0. The van der Waals surface area contributed by atoms with E-state index in [1.165, 1.54) is 16.7 Å². The molecule has 112 valence electrons. The van der Waals surface area contributed by atoms with Crippen molar-refractivity contribution in [2.45, 2.75) is 46.0 Å². The third-order valence-electron chi connectivity index (χ3n) is 5.47. The molecule has 0 aromatic heterocycles. The first-order valence-corrected chi connectivity index (χ1v) is 7.65. The number of esters is 1. The molecule has 0 spiro atoms. The molecule has 0 unspecified atom stereocenters. The number of ether oxygens (including phenoxy) is 1. The van der Waals surface area contributed by atoms with E-state index in [0.717, 1.165) is 12.8 Å². The fourth-order valence-corrected chi connectivity index (χ4v) is 3.98. The Morgan fingerprint density at radius 1 is 1.29 bits per heavy atom. The van der Waals surface area contributed by atoms with Gasteiger partial charge in [-0.15, -0.1) is 0 Å². The second kappa shape index (κ2) is 4.22. The van der Waals surface area contributed by atoms with Crippen molar-refractivity contribution in [1.82, 2.24) is 0 Å². The van der Waals surface area contributed by atoms with Gasteiger partial charge in [-0.3, -0.25) is 4.79 Å². The van der Waals surface area contributed by atoms with E-state index in [9.17, 15) is 4.79 Å². The van der Waals surface area contributed by atoms with Crippen LogP contribution in [0.5, 0.6) is 0 Å². The summed E-state index contributed by atoms with van der Waals surface area (Å²) in [5.74, 6) is -0.130. The van der Waals surface area contributed by atoms with E-state index in [1.54, 1.807) is 0 Å². The SMILES string of the molecule is C=C1C[C@]2(C)c3ccccc3C[C@]12COC(=O)C(C)(C)C. The Morgan fingerprint density at radius 3 is 2.57 bits per heavy atom. The summed E-state index contributed by atoms with van der Waals surface area (Å²) in [6.07, 6.45) is 1.94. The number of benzene rings is 1. The number of hydrogen-bond acceptors (Lipinski definition) is 2. The van der Waals surface area contributed by atoms with Crippen molar-refractivity contribution in [1.29, 1.82) is 0 Å². The van der Waals surface area contributed by atoms with Crippen molar-refractivity contribution >= 4 is 5.97 Å². The highest BCUT2D eigenvalue weighted by atomic mass is 16.5. The highest BCUT2D eigenvalue weighted by molar-refractivity contribution is 5.75. The zero-order chi connectivity index (χ0) is 15.5. The van der Waals surface area contributed by atoms with Crippen LogP contribution >= 0.6 is 0 Å². The van der Waals surface area contributed by atoms with Crippen LogP contribution in [0.1, 0.15) is 45.2 Å². The Balaban J connectivity index is 1.88. The van der Waals surface area contributed by atoms with Crippen LogP contribution in [-0.4, -0.2) is 12.6 Å². The van der Waals surface area contributed by atoms with Gasteiger partial charge in [0.1, 0.15) is 6.61 Å². The zero-order valence-corrected chi connectivity index (χ0v) is 13.5. The molecule has 2 heteroatoms. The Kier molecular flexibility index (Phi) is 2.89. The van der Waals surface area contributed by atoms with Gasteiger partial charge in [0, 0.05) is 10.8 Å². The normalized spacial score (nSPS) is 30.4. The Hall–Kier alpha value is -1.57. The van der Waals surface area contributed by atoms with E-state index in [1.807, 2.05) is 20.8 Å². The number of carbonyl (C=O) groups excluding carboxylic acids is 1.